The maximum atomic E-state index is 13.0. The van der Waals surface area contributed by atoms with E-state index in [0.29, 0.717) is 37.9 Å². The molecule has 0 bridgehead atoms. The highest BCUT2D eigenvalue weighted by Gasteiger charge is 2.24. The number of carbonyl (C=O) groups is 1. The van der Waals surface area contributed by atoms with Crippen LogP contribution in [0.5, 0.6) is 0 Å². The van der Waals surface area contributed by atoms with Gasteiger partial charge in [-0.1, -0.05) is 12.1 Å². The Hall–Kier alpha value is -2.67. The van der Waals surface area contributed by atoms with Crippen molar-refractivity contribution in [3.05, 3.63) is 46.8 Å². The fraction of sp³-hybridized carbons (Fsp3) is 0.476. The van der Waals surface area contributed by atoms with Gasteiger partial charge in [0.1, 0.15) is 5.69 Å². The largest absolute Gasteiger partial charge is 0.383 e. The first-order chi connectivity index (χ1) is 13.5. The number of nitrogens with one attached hydrogen (secondary N) is 1. The van der Waals surface area contributed by atoms with Crippen LogP contribution in [0, 0.1) is 20.8 Å². The van der Waals surface area contributed by atoms with Crippen molar-refractivity contribution in [2.75, 3.05) is 56.7 Å². The highest BCUT2D eigenvalue weighted by molar-refractivity contribution is 5.92. The second-order valence-electron chi connectivity index (χ2n) is 7.14. The number of amides is 1. The molecule has 7 nitrogen and oxygen atoms in total. The minimum Gasteiger partial charge on any atom is -0.383 e. The molecule has 7 heteroatoms. The van der Waals surface area contributed by atoms with Crippen LogP contribution < -0.4 is 10.2 Å². The number of carbonyl (C=O) groups excluding carboxylic acids is 1. The maximum absolute atomic E-state index is 13.0. The van der Waals surface area contributed by atoms with Crippen LogP contribution >= 0.6 is 0 Å². The van der Waals surface area contributed by atoms with E-state index in [9.17, 15) is 4.79 Å². The Morgan fingerprint density at radius 2 is 1.89 bits per heavy atom. The molecule has 0 radical (unpaired) electrons. The molecular weight excluding hydrogens is 354 g/mol. The van der Waals surface area contributed by atoms with Crippen molar-refractivity contribution in [1.82, 2.24) is 14.9 Å². The Bertz CT molecular complexity index is 832. The van der Waals surface area contributed by atoms with Crippen molar-refractivity contribution in [2.45, 2.75) is 20.8 Å². The summed E-state index contributed by atoms with van der Waals surface area (Å²) >= 11 is 0. The van der Waals surface area contributed by atoms with E-state index in [1.54, 1.807) is 13.2 Å². The maximum Gasteiger partial charge on any atom is 0.272 e. The van der Waals surface area contributed by atoms with E-state index in [2.05, 4.69) is 52.2 Å². The molecule has 0 aliphatic carbocycles. The van der Waals surface area contributed by atoms with Gasteiger partial charge in [-0.15, -0.1) is 0 Å². The van der Waals surface area contributed by atoms with Gasteiger partial charge in [-0.2, -0.15) is 0 Å². The van der Waals surface area contributed by atoms with Gasteiger partial charge in [-0.25, -0.2) is 9.97 Å². The first-order valence-electron chi connectivity index (χ1n) is 9.68. The fourth-order valence-corrected chi connectivity index (χ4v) is 3.41. The zero-order chi connectivity index (χ0) is 20.1. The van der Waals surface area contributed by atoms with Gasteiger partial charge in [0.2, 0.25) is 5.95 Å². The van der Waals surface area contributed by atoms with Gasteiger partial charge < -0.3 is 19.9 Å². The third-order valence-corrected chi connectivity index (χ3v) is 5.15. The Morgan fingerprint density at radius 3 is 2.61 bits per heavy atom. The van der Waals surface area contributed by atoms with Crippen molar-refractivity contribution < 1.29 is 9.53 Å². The molecule has 0 atom stereocenters. The van der Waals surface area contributed by atoms with Crippen molar-refractivity contribution in [3.63, 3.8) is 0 Å². The van der Waals surface area contributed by atoms with Crippen LogP contribution in [0.25, 0.3) is 0 Å². The summed E-state index contributed by atoms with van der Waals surface area (Å²) in [5.41, 5.74) is 5.07. The fourth-order valence-electron chi connectivity index (χ4n) is 3.41. The van der Waals surface area contributed by atoms with Gasteiger partial charge in [-0.3, -0.25) is 4.79 Å². The van der Waals surface area contributed by atoms with Gasteiger partial charge in [-0.05, 0) is 44.0 Å². The number of benzene rings is 1. The Kier molecular flexibility index (Phi) is 6.46. The molecular formula is C21H29N5O2. The van der Waals surface area contributed by atoms with Crippen LogP contribution in [-0.4, -0.2) is 67.2 Å². The summed E-state index contributed by atoms with van der Waals surface area (Å²) in [6.45, 7) is 10.3. The number of piperazine rings is 1. The number of anilines is 2. The van der Waals surface area contributed by atoms with E-state index >= 15 is 0 Å². The van der Waals surface area contributed by atoms with Gasteiger partial charge >= 0.3 is 0 Å². The molecule has 2 aromatic rings. The number of nitrogens with zero attached hydrogens (tertiary/aromatic N) is 4. The van der Waals surface area contributed by atoms with Crippen LogP contribution in [0.2, 0.25) is 0 Å². The molecule has 2 heterocycles. The number of aryl methyl sites for hydroxylation is 2. The Labute approximate surface area is 166 Å². The average molecular weight is 383 g/mol. The number of ether oxygens (including phenoxy) is 1. The van der Waals surface area contributed by atoms with Crippen LogP contribution in [0.15, 0.2) is 24.3 Å². The summed E-state index contributed by atoms with van der Waals surface area (Å²) in [6.07, 6.45) is 0. The van der Waals surface area contributed by atoms with Gasteiger partial charge in [0.25, 0.3) is 5.91 Å². The number of rotatable bonds is 6. The number of hydrogen-bond donors (Lipinski definition) is 1. The van der Waals surface area contributed by atoms with E-state index in [0.717, 1.165) is 18.8 Å². The molecule has 0 spiro atoms. The van der Waals surface area contributed by atoms with Crippen LogP contribution in [0.4, 0.5) is 11.6 Å². The van der Waals surface area contributed by atoms with Crippen molar-refractivity contribution in [1.29, 1.82) is 0 Å². The number of aromatic nitrogens is 2. The van der Waals surface area contributed by atoms with E-state index in [4.69, 9.17) is 4.74 Å². The second kappa shape index (κ2) is 9.01. The first-order valence-corrected chi connectivity index (χ1v) is 9.68. The average Bonchev–Trinajstić information content (AvgIpc) is 2.69. The molecule has 1 aromatic carbocycles. The van der Waals surface area contributed by atoms with E-state index < -0.39 is 0 Å². The normalized spacial score (nSPS) is 14.3. The van der Waals surface area contributed by atoms with Crippen molar-refractivity contribution in [2.24, 2.45) is 0 Å². The molecule has 0 saturated carbocycles. The smallest absolute Gasteiger partial charge is 0.272 e. The monoisotopic (exact) mass is 383 g/mol. The summed E-state index contributed by atoms with van der Waals surface area (Å²) < 4.78 is 5.03. The highest BCUT2D eigenvalue weighted by Crippen LogP contribution is 2.24. The van der Waals surface area contributed by atoms with Crippen LogP contribution in [-0.2, 0) is 4.74 Å². The first kappa shape index (κ1) is 20.1. The summed E-state index contributed by atoms with van der Waals surface area (Å²) in [5, 5.41) is 3.10. The molecule has 1 aliphatic heterocycles. The van der Waals surface area contributed by atoms with E-state index in [-0.39, 0.29) is 5.91 Å². The molecule has 1 aromatic heterocycles. The molecule has 1 saturated heterocycles. The number of hydrogen-bond acceptors (Lipinski definition) is 6. The topological polar surface area (TPSA) is 70.6 Å². The van der Waals surface area contributed by atoms with Crippen LogP contribution in [0.3, 0.4) is 0 Å². The summed E-state index contributed by atoms with van der Waals surface area (Å²) in [4.78, 5) is 25.9. The lowest BCUT2D eigenvalue weighted by Crippen LogP contribution is -2.49. The summed E-state index contributed by atoms with van der Waals surface area (Å²) in [7, 11) is 1.64. The van der Waals surface area contributed by atoms with Gasteiger partial charge in [0.15, 0.2) is 0 Å². The third kappa shape index (κ3) is 4.59. The lowest BCUT2D eigenvalue weighted by molar-refractivity contribution is 0.0740. The zero-order valence-corrected chi connectivity index (χ0v) is 17.2. The predicted molar refractivity (Wildman–Crippen MR) is 111 cm³/mol. The quantitative estimate of drug-likeness (QED) is 0.773. The van der Waals surface area contributed by atoms with Crippen molar-refractivity contribution >= 4 is 17.5 Å². The number of methoxy groups -OCH3 is 1. The molecule has 1 aliphatic rings. The standard InChI is InChI=1S/C21H29N5O2/c1-15-6-5-7-19(17(15)3)25-9-11-26(12-10-25)20(27)18-14-16(2)23-21(24-18)22-8-13-28-4/h5-7,14H,8-13H2,1-4H3,(H,22,23,24). The van der Waals surface area contributed by atoms with Gasteiger partial charge in [0, 0.05) is 51.2 Å². The third-order valence-electron chi connectivity index (χ3n) is 5.15. The molecule has 1 fully saturated rings. The summed E-state index contributed by atoms with van der Waals surface area (Å²) in [5.74, 6) is 0.426. The molecule has 28 heavy (non-hydrogen) atoms. The van der Waals surface area contributed by atoms with Gasteiger partial charge in [0.05, 0.1) is 6.61 Å². The minimum absolute atomic E-state index is 0.0408. The Morgan fingerprint density at radius 1 is 1.14 bits per heavy atom. The molecule has 150 valence electrons. The van der Waals surface area contributed by atoms with E-state index in [1.165, 1.54) is 16.8 Å². The SMILES string of the molecule is COCCNc1nc(C)cc(C(=O)N2CCN(c3cccc(C)c3C)CC2)n1. The molecule has 0 unspecified atom stereocenters. The predicted octanol–water partition coefficient (Wildman–Crippen LogP) is 2.42. The lowest BCUT2D eigenvalue weighted by atomic mass is 10.1. The van der Waals surface area contributed by atoms with Crippen molar-refractivity contribution in [3.8, 4) is 0 Å². The second-order valence-corrected chi connectivity index (χ2v) is 7.14. The highest BCUT2D eigenvalue weighted by atomic mass is 16.5. The lowest BCUT2D eigenvalue weighted by Gasteiger charge is -2.37. The van der Waals surface area contributed by atoms with Crippen LogP contribution in [0.1, 0.15) is 27.3 Å². The molecule has 1 amide bonds. The summed E-state index contributed by atoms with van der Waals surface area (Å²) in [6, 6.07) is 8.14. The minimum atomic E-state index is -0.0408. The Balaban J connectivity index is 1.66. The zero-order valence-electron chi connectivity index (χ0n) is 17.2. The molecule has 1 N–H and O–H groups in total. The molecule has 3 rings (SSSR count). The van der Waals surface area contributed by atoms with E-state index in [1.807, 2.05) is 11.8 Å².